The maximum Gasteiger partial charge on any atom is 0.233 e. The number of nitrogens with one attached hydrogen (secondary N) is 1. The predicted molar refractivity (Wildman–Crippen MR) is 91.3 cm³/mol. The summed E-state index contributed by atoms with van der Waals surface area (Å²) in [6, 6.07) is 5.88. The van der Waals surface area contributed by atoms with Crippen LogP contribution in [-0.2, 0) is 14.4 Å². The van der Waals surface area contributed by atoms with Crippen LogP contribution in [0.4, 0.5) is 5.69 Å². The van der Waals surface area contributed by atoms with Gasteiger partial charge in [-0.3, -0.25) is 19.3 Å². The molecule has 0 aromatic heterocycles. The first-order valence-corrected chi connectivity index (χ1v) is 8.69. The molecule has 5 heteroatoms. The third-order valence-corrected chi connectivity index (χ3v) is 5.16. The number of hydrogen-bond donors (Lipinski definition) is 1. The number of likely N-dealkylation sites (tertiary alicyclic amines) is 1. The van der Waals surface area contributed by atoms with Gasteiger partial charge in [-0.1, -0.05) is 25.0 Å². The molecule has 2 fully saturated rings. The molecule has 1 aliphatic heterocycles. The van der Waals surface area contributed by atoms with Crippen molar-refractivity contribution in [1.29, 1.82) is 0 Å². The number of carbonyl (C=O) groups is 3. The van der Waals surface area contributed by atoms with Crippen molar-refractivity contribution in [2.45, 2.75) is 46.0 Å². The van der Waals surface area contributed by atoms with Gasteiger partial charge in [0.2, 0.25) is 17.7 Å². The molecule has 0 radical (unpaired) electrons. The summed E-state index contributed by atoms with van der Waals surface area (Å²) in [5.74, 6) is -0.616. The van der Waals surface area contributed by atoms with Crippen LogP contribution in [0.15, 0.2) is 18.2 Å². The highest BCUT2D eigenvalue weighted by Crippen LogP contribution is 2.37. The number of amides is 3. The molecule has 1 aromatic carbocycles. The van der Waals surface area contributed by atoms with Crippen LogP contribution in [-0.4, -0.2) is 29.2 Å². The molecule has 3 amide bonds. The fourth-order valence-electron chi connectivity index (χ4n) is 3.75. The van der Waals surface area contributed by atoms with Crippen LogP contribution in [0.25, 0.3) is 0 Å². The molecule has 1 aliphatic carbocycles. The number of carbonyl (C=O) groups excluding carboxylic acids is 3. The van der Waals surface area contributed by atoms with Crippen molar-refractivity contribution in [3.8, 4) is 0 Å². The van der Waals surface area contributed by atoms with Gasteiger partial charge in [-0.15, -0.1) is 0 Å². The summed E-state index contributed by atoms with van der Waals surface area (Å²) in [5, 5.41) is 2.88. The lowest BCUT2D eigenvalue weighted by atomic mass is 9.81. The Hall–Kier alpha value is -2.17. The molecule has 0 bridgehead atoms. The van der Waals surface area contributed by atoms with E-state index in [-0.39, 0.29) is 42.5 Å². The Labute approximate surface area is 142 Å². The van der Waals surface area contributed by atoms with Gasteiger partial charge in [0.1, 0.15) is 0 Å². The topological polar surface area (TPSA) is 66.5 Å². The Balaban J connectivity index is 1.59. The van der Waals surface area contributed by atoms with Crippen molar-refractivity contribution in [2.75, 3.05) is 11.9 Å². The predicted octanol–water partition coefficient (Wildman–Crippen LogP) is 2.81. The van der Waals surface area contributed by atoms with E-state index in [2.05, 4.69) is 5.32 Å². The maximum absolute atomic E-state index is 12.4. The van der Waals surface area contributed by atoms with Gasteiger partial charge in [0, 0.05) is 18.7 Å². The zero-order valence-corrected chi connectivity index (χ0v) is 14.3. The van der Waals surface area contributed by atoms with Crippen molar-refractivity contribution >= 4 is 23.4 Å². The van der Waals surface area contributed by atoms with E-state index >= 15 is 0 Å². The molecule has 0 spiro atoms. The summed E-state index contributed by atoms with van der Waals surface area (Å²) >= 11 is 0. The number of fused-ring (bicyclic) bond motifs is 1. The molecule has 2 aliphatic rings. The van der Waals surface area contributed by atoms with E-state index in [4.69, 9.17) is 0 Å². The average molecular weight is 328 g/mol. The molecule has 1 N–H and O–H groups in total. The highest BCUT2D eigenvalue weighted by atomic mass is 16.2. The summed E-state index contributed by atoms with van der Waals surface area (Å²) in [7, 11) is 0. The van der Waals surface area contributed by atoms with Crippen molar-refractivity contribution in [1.82, 2.24) is 4.90 Å². The number of imide groups is 1. The number of aryl methyl sites for hydroxylation is 2. The average Bonchev–Trinajstić information content (AvgIpc) is 2.81. The minimum atomic E-state index is -0.167. The first-order chi connectivity index (χ1) is 11.5. The van der Waals surface area contributed by atoms with Crippen LogP contribution >= 0.6 is 0 Å². The van der Waals surface area contributed by atoms with Crippen LogP contribution in [0.5, 0.6) is 0 Å². The molecule has 128 valence electrons. The second kappa shape index (κ2) is 6.75. The molecule has 3 rings (SSSR count). The van der Waals surface area contributed by atoms with Crippen molar-refractivity contribution in [2.24, 2.45) is 11.8 Å². The second-order valence-electron chi connectivity index (χ2n) is 6.94. The van der Waals surface area contributed by atoms with E-state index in [0.717, 1.165) is 42.5 Å². The molecule has 2 atom stereocenters. The van der Waals surface area contributed by atoms with Gasteiger partial charge in [0.15, 0.2) is 0 Å². The van der Waals surface area contributed by atoms with Gasteiger partial charge >= 0.3 is 0 Å². The Morgan fingerprint density at radius 2 is 1.75 bits per heavy atom. The fraction of sp³-hybridized carbons (Fsp3) is 0.526. The summed E-state index contributed by atoms with van der Waals surface area (Å²) in [6.45, 7) is 4.09. The maximum atomic E-state index is 12.4. The van der Waals surface area contributed by atoms with Crippen molar-refractivity contribution in [3.05, 3.63) is 29.3 Å². The third kappa shape index (κ3) is 3.21. The lowest BCUT2D eigenvalue weighted by molar-refractivity contribution is -0.140. The normalized spacial score (nSPS) is 23.3. The van der Waals surface area contributed by atoms with Crippen LogP contribution in [0, 0.1) is 25.7 Å². The van der Waals surface area contributed by atoms with Gasteiger partial charge in [0.05, 0.1) is 11.8 Å². The lowest BCUT2D eigenvalue weighted by Crippen LogP contribution is -2.34. The van der Waals surface area contributed by atoms with Crippen molar-refractivity contribution in [3.63, 3.8) is 0 Å². The van der Waals surface area contributed by atoms with Crippen LogP contribution in [0.3, 0.4) is 0 Å². The largest absolute Gasteiger partial charge is 0.326 e. The van der Waals surface area contributed by atoms with Gasteiger partial charge in [-0.25, -0.2) is 0 Å². The molecule has 1 saturated carbocycles. The Morgan fingerprint density at radius 1 is 1.12 bits per heavy atom. The molecule has 1 saturated heterocycles. The van der Waals surface area contributed by atoms with E-state index in [1.165, 1.54) is 4.90 Å². The fourth-order valence-corrected chi connectivity index (χ4v) is 3.75. The first-order valence-electron chi connectivity index (χ1n) is 8.69. The third-order valence-electron chi connectivity index (χ3n) is 5.16. The van der Waals surface area contributed by atoms with E-state index < -0.39 is 0 Å². The molecular weight excluding hydrogens is 304 g/mol. The summed E-state index contributed by atoms with van der Waals surface area (Å²) in [6.07, 6.45) is 3.79. The molecule has 24 heavy (non-hydrogen) atoms. The summed E-state index contributed by atoms with van der Waals surface area (Å²) in [5.41, 5.74) is 2.85. The van der Waals surface area contributed by atoms with Crippen LogP contribution in [0.1, 0.15) is 43.2 Å². The van der Waals surface area contributed by atoms with E-state index in [0.29, 0.717) is 0 Å². The quantitative estimate of drug-likeness (QED) is 0.864. The monoisotopic (exact) mass is 328 g/mol. The molecule has 5 nitrogen and oxygen atoms in total. The lowest BCUT2D eigenvalue weighted by Gasteiger charge is -2.19. The first kappa shape index (κ1) is 16.7. The standard InChI is InChI=1S/C19H24N2O3/c1-12-7-8-13(2)16(11-12)20-17(22)9-10-21-18(23)14-5-3-4-6-15(14)19(21)24/h7-8,11,14-15H,3-6,9-10H2,1-2H3,(H,20,22)/t14-,15-/m0/s1. The second-order valence-corrected chi connectivity index (χ2v) is 6.94. The Morgan fingerprint density at radius 3 is 2.38 bits per heavy atom. The number of nitrogens with zero attached hydrogens (tertiary/aromatic N) is 1. The highest BCUT2D eigenvalue weighted by Gasteiger charge is 2.47. The Bertz CT molecular complexity index is 659. The molecule has 0 unspecified atom stereocenters. The smallest absolute Gasteiger partial charge is 0.233 e. The minimum Gasteiger partial charge on any atom is -0.326 e. The van der Waals surface area contributed by atoms with Gasteiger partial charge in [-0.2, -0.15) is 0 Å². The zero-order chi connectivity index (χ0) is 17.3. The van der Waals surface area contributed by atoms with Gasteiger partial charge < -0.3 is 5.32 Å². The van der Waals surface area contributed by atoms with E-state index in [1.54, 1.807) is 0 Å². The van der Waals surface area contributed by atoms with Gasteiger partial charge in [-0.05, 0) is 43.9 Å². The minimum absolute atomic E-state index is 0.0794. The summed E-state index contributed by atoms with van der Waals surface area (Å²) < 4.78 is 0. The molecule has 1 heterocycles. The zero-order valence-electron chi connectivity index (χ0n) is 14.3. The number of anilines is 1. The molecular formula is C19H24N2O3. The Kier molecular flexibility index (Phi) is 4.69. The van der Waals surface area contributed by atoms with Gasteiger partial charge in [0.25, 0.3) is 0 Å². The SMILES string of the molecule is Cc1ccc(C)c(NC(=O)CCN2C(=O)[C@H]3CCCC[C@@H]3C2=O)c1. The highest BCUT2D eigenvalue weighted by molar-refractivity contribution is 6.05. The van der Waals surface area contributed by atoms with E-state index in [1.807, 2.05) is 32.0 Å². The summed E-state index contributed by atoms with van der Waals surface area (Å²) in [4.78, 5) is 38.3. The van der Waals surface area contributed by atoms with Crippen molar-refractivity contribution < 1.29 is 14.4 Å². The van der Waals surface area contributed by atoms with Crippen LogP contribution < -0.4 is 5.32 Å². The molecule has 1 aromatic rings. The number of benzene rings is 1. The van der Waals surface area contributed by atoms with Crippen LogP contribution in [0.2, 0.25) is 0 Å². The number of hydrogen-bond acceptors (Lipinski definition) is 3. The van der Waals surface area contributed by atoms with E-state index in [9.17, 15) is 14.4 Å². The number of rotatable bonds is 4.